The molecule has 1 aliphatic heterocycles. The number of ether oxygens (including phenoxy) is 1. The molecule has 0 unspecified atom stereocenters. The third-order valence-electron chi connectivity index (χ3n) is 6.28. The van der Waals surface area contributed by atoms with Gasteiger partial charge in [-0.3, -0.25) is 14.7 Å². The second kappa shape index (κ2) is 8.64. The van der Waals surface area contributed by atoms with E-state index in [2.05, 4.69) is 31.0 Å². The van der Waals surface area contributed by atoms with Gasteiger partial charge in [-0.05, 0) is 55.3 Å². The van der Waals surface area contributed by atoms with Crippen LogP contribution in [0.5, 0.6) is 11.5 Å². The molecule has 5 aromatic rings. The number of carbonyl (C=O) groups is 1. The van der Waals surface area contributed by atoms with Crippen LogP contribution in [0.3, 0.4) is 0 Å². The molecule has 0 aliphatic carbocycles. The average Bonchev–Trinajstić information content (AvgIpc) is 3.30. The van der Waals surface area contributed by atoms with Crippen LogP contribution < -0.4 is 9.64 Å². The molecular formula is C29H23N3O2S. The molecule has 0 bridgehead atoms. The predicted molar refractivity (Wildman–Crippen MR) is 139 cm³/mol. The van der Waals surface area contributed by atoms with E-state index in [4.69, 9.17) is 9.72 Å². The van der Waals surface area contributed by atoms with Gasteiger partial charge in [-0.15, -0.1) is 0 Å². The first-order valence-corrected chi connectivity index (χ1v) is 12.3. The Bertz CT molecular complexity index is 1520. The van der Waals surface area contributed by atoms with Gasteiger partial charge in [0.05, 0.1) is 28.4 Å². The summed E-state index contributed by atoms with van der Waals surface area (Å²) in [5, 5.41) is 0.672. The van der Waals surface area contributed by atoms with Crippen LogP contribution in [0.4, 0.5) is 5.13 Å². The molecule has 2 aromatic heterocycles. The summed E-state index contributed by atoms with van der Waals surface area (Å²) >= 11 is 1.55. The van der Waals surface area contributed by atoms with Gasteiger partial charge < -0.3 is 4.74 Å². The molecule has 0 radical (unpaired) electrons. The summed E-state index contributed by atoms with van der Waals surface area (Å²) in [6, 6.07) is 25.5. The normalized spacial score (nSPS) is 12.6. The molecule has 6 rings (SSSR count). The maximum atomic E-state index is 14.5. The quantitative estimate of drug-likeness (QED) is 0.286. The Morgan fingerprint density at radius 3 is 2.31 bits per heavy atom. The highest BCUT2D eigenvalue weighted by molar-refractivity contribution is 7.22. The number of carbonyl (C=O) groups excluding carboxylic acids is 1. The lowest BCUT2D eigenvalue weighted by Gasteiger charge is -2.31. The van der Waals surface area contributed by atoms with Crippen molar-refractivity contribution in [3.05, 3.63) is 113 Å². The minimum absolute atomic E-state index is 0.0488. The Labute approximate surface area is 207 Å². The number of hydrogen-bond donors (Lipinski definition) is 0. The standard InChI is InChI=1S/C29H23N3O2S/c1-18-15-19(2)27-23(16-18)31-29(35-27)32(17-20-9-7-8-14-30-20)28(33)26-21-10-3-5-12-24(21)34-25-13-6-4-11-22(25)26/h3-16,26H,17H2,1-2H3. The van der Waals surface area contributed by atoms with Crippen molar-refractivity contribution in [1.82, 2.24) is 9.97 Å². The van der Waals surface area contributed by atoms with E-state index >= 15 is 0 Å². The smallest absolute Gasteiger partial charge is 0.241 e. The van der Waals surface area contributed by atoms with Crippen molar-refractivity contribution >= 4 is 32.6 Å². The summed E-state index contributed by atoms with van der Waals surface area (Å²) in [6.07, 6.45) is 1.75. The van der Waals surface area contributed by atoms with Crippen molar-refractivity contribution in [3.63, 3.8) is 0 Å². The van der Waals surface area contributed by atoms with E-state index in [1.807, 2.05) is 66.7 Å². The molecule has 0 spiro atoms. The highest BCUT2D eigenvalue weighted by Gasteiger charge is 2.36. The van der Waals surface area contributed by atoms with Gasteiger partial charge in [0, 0.05) is 17.3 Å². The second-order valence-electron chi connectivity index (χ2n) is 8.78. The number of rotatable bonds is 4. The topological polar surface area (TPSA) is 55.3 Å². The van der Waals surface area contributed by atoms with E-state index in [9.17, 15) is 4.79 Å². The SMILES string of the molecule is Cc1cc(C)c2sc(N(Cc3ccccn3)C(=O)C3c4ccccc4Oc4ccccc43)nc2c1. The maximum Gasteiger partial charge on any atom is 0.241 e. The highest BCUT2D eigenvalue weighted by Crippen LogP contribution is 2.45. The summed E-state index contributed by atoms with van der Waals surface area (Å²) in [7, 11) is 0. The van der Waals surface area contributed by atoms with Gasteiger partial charge >= 0.3 is 0 Å². The minimum atomic E-state index is -0.505. The molecule has 1 amide bonds. The van der Waals surface area contributed by atoms with Crippen LogP contribution in [0.25, 0.3) is 10.2 Å². The lowest BCUT2D eigenvalue weighted by Crippen LogP contribution is -2.36. The summed E-state index contributed by atoms with van der Waals surface area (Å²) < 4.78 is 7.24. The average molecular weight is 478 g/mol. The fourth-order valence-electron chi connectivity index (χ4n) is 4.71. The van der Waals surface area contributed by atoms with E-state index in [0.717, 1.165) is 38.2 Å². The van der Waals surface area contributed by atoms with E-state index in [1.54, 1.807) is 22.4 Å². The maximum absolute atomic E-state index is 14.5. The summed E-state index contributed by atoms with van der Waals surface area (Å²) in [6.45, 7) is 4.49. The second-order valence-corrected chi connectivity index (χ2v) is 9.76. The fraction of sp³-hybridized carbons (Fsp3) is 0.138. The first-order valence-electron chi connectivity index (χ1n) is 11.5. The third kappa shape index (κ3) is 3.86. The van der Waals surface area contributed by atoms with Crippen LogP contribution in [0.2, 0.25) is 0 Å². The zero-order valence-electron chi connectivity index (χ0n) is 19.4. The van der Waals surface area contributed by atoms with E-state index in [-0.39, 0.29) is 5.91 Å². The van der Waals surface area contributed by atoms with Gasteiger partial charge in [-0.1, -0.05) is 59.9 Å². The van der Waals surface area contributed by atoms with Crippen LogP contribution in [-0.2, 0) is 11.3 Å². The van der Waals surface area contributed by atoms with Crippen molar-refractivity contribution in [2.45, 2.75) is 26.3 Å². The zero-order valence-corrected chi connectivity index (χ0v) is 20.3. The molecule has 0 fully saturated rings. The molecule has 1 aliphatic rings. The molecule has 6 heteroatoms. The number of thiazole rings is 1. The lowest BCUT2D eigenvalue weighted by atomic mass is 9.87. The van der Waals surface area contributed by atoms with Crippen LogP contribution in [0.15, 0.2) is 85.1 Å². The molecule has 3 aromatic carbocycles. The monoisotopic (exact) mass is 477 g/mol. The molecule has 172 valence electrons. The largest absolute Gasteiger partial charge is 0.457 e. The highest BCUT2D eigenvalue weighted by atomic mass is 32.1. The number of hydrogen-bond acceptors (Lipinski definition) is 5. The predicted octanol–water partition coefficient (Wildman–Crippen LogP) is 6.78. The number of fused-ring (bicyclic) bond motifs is 3. The Hall–Kier alpha value is -4.03. The first kappa shape index (κ1) is 21.5. The number of benzene rings is 3. The molecule has 3 heterocycles. The number of para-hydroxylation sites is 2. The number of nitrogens with zero attached hydrogens (tertiary/aromatic N) is 3. The molecule has 0 N–H and O–H groups in total. The van der Waals surface area contributed by atoms with Gasteiger partial charge in [0.25, 0.3) is 0 Å². The van der Waals surface area contributed by atoms with Crippen LogP contribution in [0.1, 0.15) is 33.9 Å². The van der Waals surface area contributed by atoms with Gasteiger partial charge in [0.15, 0.2) is 5.13 Å². The molecule has 0 atom stereocenters. The molecule has 0 saturated carbocycles. The third-order valence-corrected chi connectivity index (χ3v) is 7.51. The van der Waals surface area contributed by atoms with E-state index < -0.39 is 5.92 Å². The minimum Gasteiger partial charge on any atom is -0.457 e. The van der Waals surface area contributed by atoms with Gasteiger partial charge in [0.1, 0.15) is 11.5 Å². The van der Waals surface area contributed by atoms with Crippen LogP contribution in [0, 0.1) is 13.8 Å². The molecule has 5 nitrogen and oxygen atoms in total. The summed E-state index contributed by atoms with van der Waals surface area (Å²) in [5.74, 6) is 0.859. The van der Waals surface area contributed by atoms with Crippen molar-refractivity contribution in [1.29, 1.82) is 0 Å². The van der Waals surface area contributed by atoms with E-state index in [0.29, 0.717) is 23.2 Å². The summed E-state index contributed by atoms with van der Waals surface area (Å²) in [4.78, 5) is 25.7. The van der Waals surface area contributed by atoms with Crippen molar-refractivity contribution in [2.24, 2.45) is 0 Å². The van der Waals surface area contributed by atoms with E-state index in [1.165, 1.54) is 0 Å². The number of amides is 1. The van der Waals surface area contributed by atoms with Crippen molar-refractivity contribution in [2.75, 3.05) is 4.90 Å². The molecule has 0 saturated heterocycles. The number of aromatic nitrogens is 2. The molecular weight excluding hydrogens is 454 g/mol. The summed E-state index contributed by atoms with van der Waals surface area (Å²) in [5.41, 5.74) is 5.75. The van der Waals surface area contributed by atoms with Gasteiger partial charge in [0.2, 0.25) is 5.91 Å². The van der Waals surface area contributed by atoms with Gasteiger partial charge in [-0.2, -0.15) is 0 Å². The fourth-order valence-corrected chi connectivity index (χ4v) is 5.73. The van der Waals surface area contributed by atoms with Crippen molar-refractivity contribution < 1.29 is 9.53 Å². The first-order chi connectivity index (χ1) is 17.1. The van der Waals surface area contributed by atoms with Crippen LogP contribution in [-0.4, -0.2) is 15.9 Å². The van der Waals surface area contributed by atoms with Crippen molar-refractivity contribution in [3.8, 4) is 11.5 Å². The number of anilines is 1. The number of pyridine rings is 1. The van der Waals surface area contributed by atoms with Crippen LogP contribution >= 0.6 is 11.3 Å². The Balaban J connectivity index is 1.51. The Kier molecular flexibility index (Phi) is 5.30. The Morgan fingerprint density at radius 1 is 0.943 bits per heavy atom. The Morgan fingerprint density at radius 2 is 1.63 bits per heavy atom. The lowest BCUT2D eigenvalue weighted by molar-refractivity contribution is -0.119. The van der Waals surface area contributed by atoms with Gasteiger partial charge in [-0.25, -0.2) is 4.98 Å². The zero-order chi connectivity index (χ0) is 23.9. The molecule has 35 heavy (non-hydrogen) atoms. The number of aryl methyl sites for hydroxylation is 2.